The minimum absolute atomic E-state index is 0.0299. The van der Waals surface area contributed by atoms with Crippen LogP contribution in [0.15, 0.2) is 11.6 Å². The van der Waals surface area contributed by atoms with E-state index in [1.165, 1.54) is 0 Å². The predicted molar refractivity (Wildman–Crippen MR) is 71.0 cm³/mol. The van der Waals surface area contributed by atoms with Crippen LogP contribution in [0.3, 0.4) is 0 Å². The lowest BCUT2D eigenvalue weighted by Gasteiger charge is -2.22. The van der Waals surface area contributed by atoms with E-state index < -0.39 is 18.2 Å². The molecule has 0 rings (SSSR count). The number of halogens is 1. The van der Waals surface area contributed by atoms with Crippen LogP contribution in [0.2, 0.25) is 0 Å². The van der Waals surface area contributed by atoms with Crippen molar-refractivity contribution < 1.29 is 14.3 Å². The molecule has 18 heavy (non-hydrogen) atoms. The first kappa shape index (κ1) is 17.1. The molecule has 1 atom stereocenters. The second kappa shape index (κ2) is 9.05. The van der Waals surface area contributed by atoms with Crippen LogP contribution in [0.5, 0.6) is 0 Å². The fourth-order valence-corrected chi connectivity index (χ4v) is 1.79. The number of hydrogen-bond donors (Lipinski definition) is 3. The van der Waals surface area contributed by atoms with Crippen LogP contribution in [0.1, 0.15) is 45.4 Å². The Balaban J connectivity index is 4.43. The van der Waals surface area contributed by atoms with E-state index in [4.69, 9.17) is 16.6 Å². The first-order valence-electron chi connectivity index (χ1n) is 6.46. The molecular weight excluding hydrogens is 235 g/mol. The first-order chi connectivity index (χ1) is 8.50. The zero-order valence-corrected chi connectivity index (χ0v) is 11.1. The highest BCUT2D eigenvalue weighted by molar-refractivity contribution is 5.79. The fourth-order valence-electron chi connectivity index (χ4n) is 1.79. The van der Waals surface area contributed by atoms with Crippen molar-refractivity contribution in [1.29, 1.82) is 0 Å². The highest BCUT2D eigenvalue weighted by atomic mass is 19.1. The molecule has 0 heterocycles. The minimum Gasteiger partial charge on any atom is -0.480 e. The lowest BCUT2D eigenvalue weighted by molar-refractivity contribution is -0.143. The summed E-state index contributed by atoms with van der Waals surface area (Å²) in [5, 5.41) is 8.94. The van der Waals surface area contributed by atoms with Gasteiger partial charge in [-0.15, -0.1) is 0 Å². The fraction of sp³-hybridized carbons (Fsp3) is 0.769. The van der Waals surface area contributed by atoms with Crippen LogP contribution in [0, 0.1) is 0 Å². The average Bonchev–Trinajstić information content (AvgIpc) is 2.34. The van der Waals surface area contributed by atoms with E-state index in [0.29, 0.717) is 6.54 Å². The first-order valence-corrected chi connectivity index (χ1v) is 6.46. The summed E-state index contributed by atoms with van der Waals surface area (Å²) in [5.41, 5.74) is 10.0. The third-order valence-corrected chi connectivity index (χ3v) is 2.96. The van der Waals surface area contributed by atoms with Gasteiger partial charge in [0, 0.05) is 6.54 Å². The van der Waals surface area contributed by atoms with Gasteiger partial charge in [0.25, 0.3) is 0 Å². The van der Waals surface area contributed by atoms with Crippen molar-refractivity contribution in [3.05, 3.63) is 11.6 Å². The summed E-state index contributed by atoms with van der Waals surface area (Å²) in [5.74, 6) is -1.30. The normalized spacial score (nSPS) is 15.4. The standard InChI is InChI=1S/C13H25FN2O2/c1-2-3-4-5-6-11(7-8-15)9-13(16,10-14)12(17)18/h7H,2-6,8-10,15-16H2,1H3,(H,17,18)/b11-7+. The van der Waals surface area contributed by atoms with E-state index in [2.05, 4.69) is 6.92 Å². The largest absolute Gasteiger partial charge is 0.480 e. The summed E-state index contributed by atoms with van der Waals surface area (Å²) in [7, 11) is 0. The number of carbonyl (C=O) groups is 1. The van der Waals surface area contributed by atoms with Gasteiger partial charge in [-0.05, 0) is 19.3 Å². The van der Waals surface area contributed by atoms with Crippen molar-refractivity contribution in [2.45, 2.75) is 51.0 Å². The second-order valence-electron chi connectivity index (χ2n) is 4.68. The Morgan fingerprint density at radius 3 is 2.50 bits per heavy atom. The number of hydrogen-bond acceptors (Lipinski definition) is 3. The molecule has 5 heteroatoms. The van der Waals surface area contributed by atoms with Crippen LogP contribution >= 0.6 is 0 Å². The van der Waals surface area contributed by atoms with Gasteiger partial charge in [-0.1, -0.05) is 37.8 Å². The molecular formula is C13H25FN2O2. The molecule has 0 spiro atoms. The monoisotopic (exact) mass is 260 g/mol. The van der Waals surface area contributed by atoms with Crippen molar-refractivity contribution in [2.24, 2.45) is 11.5 Å². The summed E-state index contributed by atoms with van der Waals surface area (Å²) < 4.78 is 12.8. The topological polar surface area (TPSA) is 89.3 Å². The Labute approximate surface area is 108 Å². The number of unbranched alkanes of at least 4 members (excludes halogenated alkanes) is 3. The molecule has 0 saturated carbocycles. The van der Waals surface area contributed by atoms with E-state index in [1.807, 2.05) is 0 Å². The smallest absolute Gasteiger partial charge is 0.326 e. The van der Waals surface area contributed by atoms with Crippen molar-refractivity contribution in [3.63, 3.8) is 0 Å². The zero-order valence-electron chi connectivity index (χ0n) is 11.1. The molecule has 4 nitrogen and oxygen atoms in total. The molecule has 1 unspecified atom stereocenters. The second-order valence-corrected chi connectivity index (χ2v) is 4.68. The summed E-state index contributed by atoms with van der Waals surface area (Å²) in [6, 6.07) is 0. The van der Waals surface area contributed by atoms with Gasteiger partial charge in [0.2, 0.25) is 0 Å². The molecule has 0 aromatic rings. The van der Waals surface area contributed by atoms with Crippen LogP contribution < -0.4 is 11.5 Å². The van der Waals surface area contributed by atoms with E-state index in [9.17, 15) is 9.18 Å². The van der Waals surface area contributed by atoms with Crippen LogP contribution in [-0.4, -0.2) is 29.8 Å². The maximum absolute atomic E-state index is 12.8. The Morgan fingerprint density at radius 2 is 2.06 bits per heavy atom. The number of aliphatic carboxylic acids is 1. The molecule has 0 aliphatic heterocycles. The third kappa shape index (κ3) is 6.12. The van der Waals surface area contributed by atoms with E-state index >= 15 is 0 Å². The van der Waals surface area contributed by atoms with E-state index in [0.717, 1.165) is 37.7 Å². The minimum atomic E-state index is -1.81. The van der Waals surface area contributed by atoms with Gasteiger partial charge in [-0.25, -0.2) is 4.39 Å². The summed E-state index contributed by atoms with van der Waals surface area (Å²) >= 11 is 0. The third-order valence-electron chi connectivity index (χ3n) is 2.96. The number of carboxylic acid groups (broad SMARTS) is 1. The molecule has 0 amide bonds. The van der Waals surface area contributed by atoms with Gasteiger partial charge in [-0.3, -0.25) is 4.79 Å². The zero-order chi connectivity index (χ0) is 14.0. The molecule has 0 saturated heterocycles. The van der Waals surface area contributed by atoms with Gasteiger partial charge < -0.3 is 16.6 Å². The van der Waals surface area contributed by atoms with Crippen LogP contribution in [-0.2, 0) is 4.79 Å². The Hall–Kier alpha value is -0.940. The number of nitrogens with two attached hydrogens (primary N) is 2. The number of alkyl halides is 1. The maximum Gasteiger partial charge on any atom is 0.326 e. The molecule has 5 N–H and O–H groups in total. The Morgan fingerprint density at radius 1 is 1.39 bits per heavy atom. The van der Waals surface area contributed by atoms with Gasteiger partial charge in [0.15, 0.2) is 0 Å². The van der Waals surface area contributed by atoms with Crippen molar-refractivity contribution >= 4 is 5.97 Å². The van der Waals surface area contributed by atoms with Gasteiger partial charge in [0.1, 0.15) is 12.2 Å². The number of carboxylic acids is 1. The Bertz CT molecular complexity index is 282. The molecule has 0 aromatic carbocycles. The van der Waals surface area contributed by atoms with E-state index in [1.54, 1.807) is 6.08 Å². The van der Waals surface area contributed by atoms with Crippen molar-refractivity contribution in [1.82, 2.24) is 0 Å². The van der Waals surface area contributed by atoms with Gasteiger partial charge in [-0.2, -0.15) is 0 Å². The molecule has 0 aliphatic rings. The highest BCUT2D eigenvalue weighted by Crippen LogP contribution is 2.21. The summed E-state index contributed by atoms with van der Waals surface area (Å²) in [6.07, 6.45) is 6.85. The molecule has 0 radical (unpaired) electrons. The van der Waals surface area contributed by atoms with Gasteiger partial charge >= 0.3 is 5.97 Å². The molecule has 0 fully saturated rings. The van der Waals surface area contributed by atoms with Crippen molar-refractivity contribution in [3.8, 4) is 0 Å². The van der Waals surface area contributed by atoms with Crippen molar-refractivity contribution in [2.75, 3.05) is 13.2 Å². The van der Waals surface area contributed by atoms with Gasteiger partial charge in [0.05, 0.1) is 0 Å². The maximum atomic E-state index is 12.8. The average molecular weight is 260 g/mol. The SMILES string of the molecule is CCCCCC/C(=C\CN)CC(N)(CF)C(=O)O. The molecule has 106 valence electrons. The number of rotatable bonds is 10. The highest BCUT2D eigenvalue weighted by Gasteiger charge is 2.34. The molecule has 0 bridgehead atoms. The Kier molecular flexibility index (Phi) is 8.58. The lowest BCUT2D eigenvalue weighted by atomic mass is 9.90. The molecule has 0 aliphatic carbocycles. The van der Waals surface area contributed by atoms with Crippen LogP contribution in [0.25, 0.3) is 0 Å². The predicted octanol–water partition coefficient (Wildman–Crippen LogP) is 1.98. The quantitative estimate of drug-likeness (QED) is 0.414. The summed E-state index contributed by atoms with van der Waals surface area (Å²) in [4.78, 5) is 10.9. The van der Waals surface area contributed by atoms with Crippen LogP contribution in [0.4, 0.5) is 4.39 Å². The summed E-state index contributed by atoms with van der Waals surface area (Å²) in [6.45, 7) is 1.37. The van der Waals surface area contributed by atoms with E-state index in [-0.39, 0.29) is 6.42 Å². The lowest BCUT2D eigenvalue weighted by Crippen LogP contribution is -2.50. The molecule has 0 aromatic heterocycles.